The maximum absolute atomic E-state index is 5.69. The lowest BCUT2D eigenvalue weighted by molar-refractivity contribution is 0.288. The maximum Gasteiger partial charge on any atom is 0.122 e. The number of nitrogens with one attached hydrogen (secondary N) is 1. The third-order valence-corrected chi connectivity index (χ3v) is 3.79. The molecule has 2 heterocycles. The van der Waals surface area contributed by atoms with Crippen LogP contribution >= 0.6 is 0 Å². The number of ether oxygens (including phenoxy) is 1. The summed E-state index contributed by atoms with van der Waals surface area (Å²) in [5.74, 6) is 1.33. The van der Waals surface area contributed by atoms with E-state index in [1.165, 1.54) is 11.1 Å². The molecule has 3 nitrogen and oxygen atoms in total. The van der Waals surface area contributed by atoms with E-state index in [-0.39, 0.29) is 5.92 Å². The van der Waals surface area contributed by atoms with E-state index in [2.05, 4.69) is 34.6 Å². The molecule has 20 heavy (non-hydrogen) atoms. The van der Waals surface area contributed by atoms with E-state index >= 15 is 0 Å². The lowest BCUT2D eigenvalue weighted by atomic mass is 9.92. The van der Waals surface area contributed by atoms with Gasteiger partial charge in [0.1, 0.15) is 5.75 Å². The number of hydrogen-bond donors (Lipinski definition) is 1. The molecule has 0 bridgehead atoms. The molecular weight excluding hydrogens is 248 g/mol. The number of aryl methyl sites for hydroxylation is 1. The number of hydrogen-bond acceptors (Lipinski definition) is 3. The van der Waals surface area contributed by atoms with Gasteiger partial charge in [0, 0.05) is 24.4 Å². The summed E-state index contributed by atoms with van der Waals surface area (Å²) in [4.78, 5) is 4.51. The van der Waals surface area contributed by atoms with Gasteiger partial charge in [0.15, 0.2) is 0 Å². The van der Waals surface area contributed by atoms with Gasteiger partial charge >= 0.3 is 0 Å². The highest BCUT2D eigenvalue weighted by molar-refractivity contribution is 5.42. The summed E-state index contributed by atoms with van der Waals surface area (Å²) in [6, 6.07) is 12.7. The largest absolute Gasteiger partial charge is 0.493 e. The second kappa shape index (κ2) is 6.06. The number of likely N-dealkylation sites (N-methyl/N-ethyl adjacent to an activating group) is 1. The van der Waals surface area contributed by atoms with Crippen molar-refractivity contribution in [2.75, 3.05) is 20.2 Å². The molecule has 1 atom stereocenters. The molecule has 3 heteroatoms. The van der Waals surface area contributed by atoms with Gasteiger partial charge in [-0.05, 0) is 49.2 Å². The van der Waals surface area contributed by atoms with Crippen LogP contribution in [0.3, 0.4) is 0 Å². The molecule has 2 aromatic rings. The van der Waals surface area contributed by atoms with Crippen molar-refractivity contribution < 1.29 is 4.74 Å². The van der Waals surface area contributed by atoms with Crippen molar-refractivity contribution in [3.05, 3.63) is 59.4 Å². The Morgan fingerprint density at radius 2 is 2.25 bits per heavy atom. The molecule has 0 aliphatic carbocycles. The molecule has 1 aromatic heterocycles. The normalized spacial score (nSPS) is 15.2. The van der Waals surface area contributed by atoms with E-state index in [4.69, 9.17) is 4.74 Å². The Morgan fingerprint density at radius 1 is 1.30 bits per heavy atom. The van der Waals surface area contributed by atoms with Gasteiger partial charge in [-0.2, -0.15) is 0 Å². The molecule has 0 fully saturated rings. The highest BCUT2D eigenvalue weighted by atomic mass is 16.5. The van der Waals surface area contributed by atoms with Crippen molar-refractivity contribution in [3.8, 4) is 5.75 Å². The summed E-state index contributed by atoms with van der Waals surface area (Å²) < 4.78 is 5.69. The van der Waals surface area contributed by atoms with Crippen molar-refractivity contribution in [1.29, 1.82) is 0 Å². The SMILES string of the molecule is CNCC(c1ccc2c(c1)CCCO2)c1ccccn1. The van der Waals surface area contributed by atoms with Crippen LogP contribution in [0.2, 0.25) is 0 Å². The van der Waals surface area contributed by atoms with Crippen molar-refractivity contribution in [2.24, 2.45) is 0 Å². The van der Waals surface area contributed by atoms with Crippen LogP contribution in [-0.4, -0.2) is 25.2 Å². The Labute approximate surface area is 120 Å². The first-order valence-electron chi connectivity index (χ1n) is 7.19. The Balaban J connectivity index is 1.95. The molecule has 0 saturated carbocycles. The maximum atomic E-state index is 5.69. The molecule has 1 aromatic carbocycles. The number of fused-ring (bicyclic) bond motifs is 1. The minimum Gasteiger partial charge on any atom is -0.493 e. The second-order valence-electron chi connectivity index (χ2n) is 5.18. The monoisotopic (exact) mass is 268 g/mol. The third kappa shape index (κ3) is 2.68. The van der Waals surface area contributed by atoms with Crippen LogP contribution in [0.5, 0.6) is 5.75 Å². The van der Waals surface area contributed by atoms with Crippen LogP contribution < -0.4 is 10.1 Å². The van der Waals surface area contributed by atoms with E-state index < -0.39 is 0 Å². The first kappa shape index (κ1) is 13.1. The van der Waals surface area contributed by atoms with Gasteiger partial charge < -0.3 is 10.1 Å². The van der Waals surface area contributed by atoms with Gasteiger partial charge in [0.2, 0.25) is 0 Å². The Bertz CT molecular complexity index is 568. The van der Waals surface area contributed by atoms with Gasteiger partial charge in [0.05, 0.1) is 6.61 Å². The number of nitrogens with zero attached hydrogens (tertiary/aromatic N) is 1. The fraction of sp³-hybridized carbons (Fsp3) is 0.353. The number of rotatable bonds is 4. The summed E-state index contributed by atoms with van der Waals surface area (Å²) in [5.41, 5.74) is 3.74. The average molecular weight is 268 g/mol. The first-order valence-corrected chi connectivity index (χ1v) is 7.19. The zero-order valence-corrected chi connectivity index (χ0v) is 11.8. The molecule has 0 spiro atoms. The minimum atomic E-state index is 0.286. The Morgan fingerprint density at radius 3 is 3.05 bits per heavy atom. The summed E-state index contributed by atoms with van der Waals surface area (Å²) in [6.07, 6.45) is 4.08. The van der Waals surface area contributed by atoms with Crippen molar-refractivity contribution in [3.63, 3.8) is 0 Å². The minimum absolute atomic E-state index is 0.286. The van der Waals surface area contributed by atoms with E-state index in [9.17, 15) is 0 Å². The van der Waals surface area contributed by atoms with Crippen LogP contribution in [0.4, 0.5) is 0 Å². The summed E-state index contributed by atoms with van der Waals surface area (Å²) >= 11 is 0. The number of benzene rings is 1. The summed E-state index contributed by atoms with van der Waals surface area (Å²) in [5, 5.41) is 3.27. The van der Waals surface area contributed by atoms with Gasteiger partial charge in [-0.1, -0.05) is 18.2 Å². The summed E-state index contributed by atoms with van der Waals surface area (Å²) in [6.45, 7) is 1.73. The predicted molar refractivity (Wildman–Crippen MR) is 80.3 cm³/mol. The topological polar surface area (TPSA) is 34.1 Å². The quantitative estimate of drug-likeness (QED) is 0.926. The van der Waals surface area contributed by atoms with E-state index in [0.29, 0.717) is 0 Å². The Kier molecular flexibility index (Phi) is 3.97. The zero-order chi connectivity index (χ0) is 13.8. The lowest BCUT2D eigenvalue weighted by Crippen LogP contribution is -2.19. The highest BCUT2D eigenvalue weighted by Gasteiger charge is 2.18. The van der Waals surface area contributed by atoms with Crippen LogP contribution in [0.15, 0.2) is 42.6 Å². The van der Waals surface area contributed by atoms with Gasteiger partial charge in [0.25, 0.3) is 0 Å². The third-order valence-electron chi connectivity index (χ3n) is 3.79. The van der Waals surface area contributed by atoms with Crippen LogP contribution in [-0.2, 0) is 6.42 Å². The number of pyridine rings is 1. The first-order chi connectivity index (χ1) is 9.88. The van der Waals surface area contributed by atoms with Crippen molar-refractivity contribution in [1.82, 2.24) is 10.3 Å². The van der Waals surface area contributed by atoms with E-state index in [1.807, 2.05) is 25.4 Å². The molecule has 1 aliphatic rings. The van der Waals surface area contributed by atoms with Crippen molar-refractivity contribution in [2.45, 2.75) is 18.8 Å². The predicted octanol–water partition coefficient (Wildman–Crippen LogP) is 2.76. The van der Waals surface area contributed by atoms with E-state index in [0.717, 1.165) is 37.4 Å². The molecular formula is C17H20N2O. The molecule has 104 valence electrons. The van der Waals surface area contributed by atoms with E-state index in [1.54, 1.807) is 0 Å². The number of aromatic nitrogens is 1. The smallest absolute Gasteiger partial charge is 0.122 e. The van der Waals surface area contributed by atoms with Gasteiger partial charge in [-0.15, -0.1) is 0 Å². The fourth-order valence-corrected chi connectivity index (χ4v) is 2.78. The summed E-state index contributed by atoms with van der Waals surface area (Å²) in [7, 11) is 1.98. The van der Waals surface area contributed by atoms with Crippen LogP contribution in [0, 0.1) is 0 Å². The average Bonchev–Trinajstić information content (AvgIpc) is 2.53. The molecule has 0 saturated heterocycles. The second-order valence-corrected chi connectivity index (χ2v) is 5.18. The Hall–Kier alpha value is -1.87. The molecule has 1 unspecified atom stereocenters. The molecule has 0 radical (unpaired) electrons. The zero-order valence-electron chi connectivity index (χ0n) is 11.8. The van der Waals surface area contributed by atoms with Crippen LogP contribution in [0.25, 0.3) is 0 Å². The van der Waals surface area contributed by atoms with Crippen LogP contribution in [0.1, 0.15) is 29.2 Å². The van der Waals surface area contributed by atoms with Crippen molar-refractivity contribution >= 4 is 0 Å². The molecule has 0 amide bonds. The standard InChI is InChI=1S/C17H20N2O/c1-18-12-15(16-6-2-3-9-19-16)13-7-8-17-14(11-13)5-4-10-20-17/h2-3,6-9,11,15,18H,4-5,10,12H2,1H3. The molecule has 3 rings (SSSR count). The highest BCUT2D eigenvalue weighted by Crippen LogP contribution is 2.30. The lowest BCUT2D eigenvalue weighted by Gasteiger charge is -2.21. The molecule has 1 N–H and O–H groups in total. The van der Waals surface area contributed by atoms with Gasteiger partial charge in [-0.3, -0.25) is 4.98 Å². The van der Waals surface area contributed by atoms with Gasteiger partial charge in [-0.25, -0.2) is 0 Å². The fourth-order valence-electron chi connectivity index (χ4n) is 2.78. The molecule has 1 aliphatic heterocycles.